The number of amides is 1. The summed E-state index contributed by atoms with van der Waals surface area (Å²) >= 11 is 0. The van der Waals surface area contributed by atoms with E-state index < -0.39 is 28.3 Å². The normalized spacial score (nSPS) is 18.7. The van der Waals surface area contributed by atoms with Gasteiger partial charge < -0.3 is 19.1 Å². The van der Waals surface area contributed by atoms with Crippen molar-refractivity contribution >= 4 is 21.7 Å². The highest BCUT2D eigenvalue weighted by molar-refractivity contribution is 7.91. The largest absolute Gasteiger partial charge is 0.493 e. The Hall–Kier alpha value is -2.29. The molecule has 1 heterocycles. The molecule has 8 nitrogen and oxygen atoms in total. The molecule has 162 valence electrons. The number of ether oxygens (including phenoxy) is 3. The van der Waals surface area contributed by atoms with Crippen molar-refractivity contribution in [3.05, 3.63) is 23.8 Å². The Labute approximate surface area is 172 Å². The molecule has 0 radical (unpaired) electrons. The van der Waals surface area contributed by atoms with Crippen LogP contribution in [0.1, 0.15) is 44.0 Å². The van der Waals surface area contributed by atoms with Gasteiger partial charge >= 0.3 is 5.97 Å². The van der Waals surface area contributed by atoms with Gasteiger partial charge in [-0.25, -0.2) is 13.2 Å². The molecule has 1 aromatic rings. The smallest absolute Gasteiger partial charge is 0.338 e. The number of benzene rings is 1. The van der Waals surface area contributed by atoms with Gasteiger partial charge in [0, 0.05) is 12.1 Å². The molecule has 1 aliphatic heterocycles. The fourth-order valence-electron chi connectivity index (χ4n) is 3.36. The molecule has 1 aromatic carbocycles. The van der Waals surface area contributed by atoms with Crippen LogP contribution in [0.5, 0.6) is 11.5 Å². The zero-order valence-electron chi connectivity index (χ0n) is 17.3. The molecule has 0 N–H and O–H groups in total. The zero-order chi connectivity index (χ0) is 21.6. The second-order valence-corrected chi connectivity index (χ2v) is 9.22. The highest BCUT2D eigenvalue weighted by atomic mass is 32.2. The van der Waals surface area contributed by atoms with E-state index in [1.54, 1.807) is 11.0 Å². The van der Waals surface area contributed by atoms with Crippen molar-refractivity contribution in [2.75, 3.05) is 31.8 Å². The maximum absolute atomic E-state index is 12.7. The SMILES string of the molecule is CCOc1ccc(C(=O)OCC(=O)N(C(C)CC)C2CCS(=O)(=O)C2)cc1OC. The van der Waals surface area contributed by atoms with Gasteiger partial charge in [0.25, 0.3) is 5.91 Å². The third kappa shape index (κ3) is 5.85. The Morgan fingerprint density at radius 2 is 1.97 bits per heavy atom. The average molecular weight is 428 g/mol. The van der Waals surface area contributed by atoms with Crippen molar-refractivity contribution < 1.29 is 32.2 Å². The zero-order valence-corrected chi connectivity index (χ0v) is 18.2. The Bertz CT molecular complexity index is 837. The number of hydrogen-bond acceptors (Lipinski definition) is 7. The van der Waals surface area contributed by atoms with Gasteiger partial charge in [-0.15, -0.1) is 0 Å². The van der Waals surface area contributed by atoms with E-state index in [0.717, 1.165) is 0 Å². The van der Waals surface area contributed by atoms with E-state index in [1.807, 2.05) is 20.8 Å². The van der Waals surface area contributed by atoms with Crippen molar-refractivity contribution in [2.45, 2.75) is 45.7 Å². The lowest BCUT2D eigenvalue weighted by atomic mass is 10.1. The predicted molar refractivity (Wildman–Crippen MR) is 108 cm³/mol. The highest BCUT2D eigenvalue weighted by Gasteiger charge is 2.36. The van der Waals surface area contributed by atoms with Crippen LogP contribution in [0.3, 0.4) is 0 Å². The number of nitrogens with zero attached hydrogens (tertiary/aromatic N) is 1. The van der Waals surface area contributed by atoms with Gasteiger partial charge in [-0.2, -0.15) is 0 Å². The van der Waals surface area contributed by atoms with E-state index in [0.29, 0.717) is 30.9 Å². The molecule has 9 heteroatoms. The molecule has 2 atom stereocenters. The number of sulfone groups is 1. The Morgan fingerprint density at radius 1 is 1.24 bits per heavy atom. The number of carbonyl (C=O) groups excluding carboxylic acids is 2. The fourth-order valence-corrected chi connectivity index (χ4v) is 5.07. The molecule has 0 spiro atoms. The number of rotatable bonds is 9. The monoisotopic (exact) mass is 427 g/mol. The molecular formula is C20H29NO7S. The summed E-state index contributed by atoms with van der Waals surface area (Å²) in [4.78, 5) is 26.7. The minimum absolute atomic E-state index is 0.0485. The minimum atomic E-state index is -3.13. The van der Waals surface area contributed by atoms with Gasteiger partial charge in [-0.3, -0.25) is 4.79 Å². The first-order chi connectivity index (χ1) is 13.7. The number of carbonyl (C=O) groups is 2. The van der Waals surface area contributed by atoms with Gasteiger partial charge in [0.2, 0.25) is 0 Å². The number of hydrogen-bond donors (Lipinski definition) is 0. The van der Waals surface area contributed by atoms with E-state index in [9.17, 15) is 18.0 Å². The fraction of sp³-hybridized carbons (Fsp3) is 0.600. The summed E-state index contributed by atoms with van der Waals surface area (Å²) in [5, 5.41) is 0. The minimum Gasteiger partial charge on any atom is -0.493 e. The van der Waals surface area contributed by atoms with Crippen molar-refractivity contribution in [2.24, 2.45) is 0 Å². The average Bonchev–Trinajstić information content (AvgIpc) is 3.05. The highest BCUT2D eigenvalue weighted by Crippen LogP contribution is 2.28. The molecule has 1 aliphatic rings. The van der Waals surface area contributed by atoms with Crippen molar-refractivity contribution in [1.82, 2.24) is 4.90 Å². The predicted octanol–water partition coefficient (Wildman–Crippen LogP) is 2.06. The van der Waals surface area contributed by atoms with Crippen LogP contribution in [-0.4, -0.2) is 69.1 Å². The van der Waals surface area contributed by atoms with Gasteiger partial charge in [0.05, 0.1) is 30.8 Å². The summed E-state index contributed by atoms with van der Waals surface area (Å²) in [6, 6.07) is 4.11. The van der Waals surface area contributed by atoms with Crippen LogP contribution in [0.25, 0.3) is 0 Å². The van der Waals surface area contributed by atoms with Gasteiger partial charge in [0.15, 0.2) is 27.9 Å². The summed E-state index contributed by atoms with van der Waals surface area (Å²) in [5.74, 6) is -0.134. The van der Waals surface area contributed by atoms with Crippen LogP contribution in [0, 0.1) is 0 Å². The Morgan fingerprint density at radius 3 is 2.52 bits per heavy atom. The van der Waals surface area contributed by atoms with Crippen LogP contribution >= 0.6 is 0 Å². The summed E-state index contributed by atoms with van der Waals surface area (Å²) in [5.41, 5.74) is 0.233. The summed E-state index contributed by atoms with van der Waals surface area (Å²) < 4.78 is 39.5. The third-order valence-corrected chi connectivity index (χ3v) is 6.73. The standard InChI is InChI=1S/C20H29NO7S/c1-5-14(3)21(16-9-10-29(24,25)13-16)19(22)12-28-20(23)15-7-8-17(27-6-2)18(11-15)26-4/h7-8,11,14,16H,5-6,9-10,12-13H2,1-4H3. The van der Waals surface area contributed by atoms with E-state index in [4.69, 9.17) is 14.2 Å². The molecule has 0 bridgehead atoms. The van der Waals surface area contributed by atoms with Crippen molar-refractivity contribution in [3.63, 3.8) is 0 Å². The van der Waals surface area contributed by atoms with Crippen molar-refractivity contribution in [3.8, 4) is 11.5 Å². The van der Waals surface area contributed by atoms with E-state index in [2.05, 4.69) is 0 Å². The summed E-state index contributed by atoms with van der Waals surface area (Å²) in [7, 11) is -1.67. The van der Waals surface area contributed by atoms with E-state index in [-0.39, 0.29) is 29.2 Å². The van der Waals surface area contributed by atoms with E-state index >= 15 is 0 Å². The van der Waals surface area contributed by atoms with Crippen LogP contribution in [-0.2, 0) is 19.4 Å². The maximum atomic E-state index is 12.7. The molecule has 29 heavy (non-hydrogen) atoms. The molecule has 2 rings (SSSR count). The van der Waals surface area contributed by atoms with Crippen LogP contribution in [0.15, 0.2) is 18.2 Å². The lowest BCUT2D eigenvalue weighted by molar-refractivity contribution is -0.138. The number of esters is 1. The molecule has 0 saturated carbocycles. The quantitative estimate of drug-likeness (QED) is 0.556. The van der Waals surface area contributed by atoms with Crippen LogP contribution in [0.4, 0.5) is 0 Å². The van der Waals surface area contributed by atoms with Crippen molar-refractivity contribution in [1.29, 1.82) is 0 Å². The maximum Gasteiger partial charge on any atom is 0.338 e. The lowest BCUT2D eigenvalue weighted by Gasteiger charge is -2.33. The van der Waals surface area contributed by atoms with Gasteiger partial charge in [-0.1, -0.05) is 6.92 Å². The second kappa shape index (κ2) is 9.96. The first kappa shape index (κ1) is 23.0. The molecular weight excluding hydrogens is 398 g/mol. The molecule has 0 aromatic heterocycles. The first-order valence-corrected chi connectivity index (χ1v) is 11.5. The van der Waals surface area contributed by atoms with E-state index in [1.165, 1.54) is 19.2 Å². The Balaban J connectivity index is 2.06. The summed E-state index contributed by atoms with van der Waals surface area (Å²) in [6.07, 6.45) is 1.08. The molecule has 1 amide bonds. The molecule has 1 saturated heterocycles. The van der Waals surface area contributed by atoms with Crippen LogP contribution < -0.4 is 9.47 Å². The third-order valence-electron chi connectivity index (χ3n) is 4.98. The number of methoxy groups -OCH3 is 1. The lowest BCUT2D eigenvalue weighted by Crippen LogP contribution is -2.48. The van der Waals surface area contributed by atoms with Crippen LogP contribution in [0.2, 0.25) is 0 Å². The molecule has 2 unspecified atom stereocenters. The second-order valence-electron chi connectivity index (χ2n) is 6.99. The topological polar surface area (TPSA) is 99.2 Å². The Kier molecular flexibility index (Phi) is 7.89. The van der Waals surface area contributed by atoms with Gasteiger partial charge in [0.1, 0.15) is 0 Å². The molecule has 1 fully saturated rings. The first-order valence-electron chi connectivity index (χ1n) is 9.71. The van der Waals surface area contributed by atoms with Gasteiger partial charge in [-0.05, 0) is 44.9 Å². The summed E-state index contributed by atoms with van der Waals surface area (Å²) in [6.45, 7) is 5.63. The molecule has 0 aliphatic carbocycles.